The van der Waals surface area contributed by atoms with Crippen LogP contribution < -0.4 is 10.7 Å². The van der Waals surface area contributed by atoms with Crippen LogP contribution in [0.3, 0.4) is 0 Å². The number of hydrazone groups is 1. The molecule has 0 radical (unpaired) electrons. The van der Waals surface area contributed by atoms with Crippen molar-refractivity contribution in [2.45, 2.75) is 5.92 Å². The Morgan fingerprint density at radius 3 is 2.16 bits per heavy atom. The van der Waals surface area contributed by atoms with Gasteiger partial charge in [0.15, 0.2) is 0 Å². The highest BCUT2D eigenvalue weighted by Crippen LogP contribution is 2.24. The number of carbonyl (C=O) groups is 2. The number of phenolic OH excluding ortho intramolecular Hbond substituents is 1. The van der Waals surface area contributed by atoms with Crippen LogP contribution in [-0.4, -0.2) is 34.6 Å². The lowest BCUT2D eigenvalue weighted by Gasteiger charge is -2.17. The Kier molecular flexibility index (Phi) is 7.26. The first-order valence-corrected chi connectivity index (χ1v) is 9.62. The number of carbonyl (C=O) groups excluding carboxylic acids is 2. The monoisotopic (exact) mass is 432 g/mol. The molecule has 0 unspecified atom stereocenters. The van der Waals surface area contributed by atoms with Crippen LogP contribution in [0.1, 0.15) is 22.6 Å². The number of nitro groups is 1. The topological polar surface area (TPSA) is 134 Å². The molecule has 0 aliphatic rings. The molecule has 9 nitrogen and oxygen atoms in total. The number of nitro benzene ring substituents is 1. The summed E-state index contributed by atoms with van der Waals surface area (Å²) in [7, 11) is 0. The first kappa shape index (κ1) is 22.2. The largest absolute Gasteiger partial charge is 0.507 e. The maximum atomic E-state index is 12.9. The predicted octanol–water partition coefficient (Wildman–Crippen LogP) is 2.70. The minimum Gasteiger partial charge on any atom is -0.507 e. The third-order valence-corrected chi connectivity index (χ3v) is 4.57. The second-order valence-corrected chi connectivity index (χ2v) is 6.77. The van der Waals surface area contributed by atoms with Gasteiger partial charge in [-0.05, 0) is 17.2 Å². The normalized spacial score (nSPS) is 10.8. The highest BCUT2D eigenvalue weighted by atomic mass is 16.6. The van der Waals surface area contributed by atoms with E-state index in [2.05, 4.69) is 15.8 Å². The van der Waals surface area contributed by atoms with E-state index in [0.717, 1.165) is 35.5 Å². The number of nitrogens with zero attached hydrogens (tertiary/aromatic N) is 2. The third-order valence-electron chi connectivity index (χ3n) is 4.57. The Bertz CT molecular complexity index is 1090. The van der Waals surface area contributed by atoms with Crippen molar-refractivity contribution in [3.63, 3.8) is 0 Å². The number of aromatic hydroxyl groups is 1. The number of nitrogens with one attached hydrogen (secondary N) is 2. The Morgan fingerprint density at radius 1 is 1.00 bits per heavy atom. The molecule has 3 rings (SSSR count). The summed E-state index contributed by atoms with van der Waals surface area (Å²) in [5, 5.41) is 26.9. The van der Waals surface area contributed by atoms with Gasteiger partial charge in [-0.15, -0.1) is 0 Å². The highest BCUT2D eigenvalue weighted by Gasteiger charge is 2.22. The van der Waals surface area contributed by atoms with E-state index in [-0.39, 0.29) is 29.5 Å². The molecule has 0 aliphatic heterocycles. The van der Waals surface area contributed by atoms with Crippen LogP contribution in [-0.2, 0) is 9.59 Å². The van der Waals surface area contributed by atoms with E-state index in [1.807, 2.05) is 60.7 Å². The van der Waals surface area contributed by atoms with Crippen molar-refractivity contribution < 1.29 is 19.6 Å². The van der Waals surface area contributed by atoms with Gasteiger partial charge in [-0.1, -0.05) is 60.7 Å². The standard InChI is InChI=1S/C23H20N4O5/c28-20-12-11-19(27(31)32)13-18(20)14-25-26-21(29)15-24-23(30)22(16-7-3-1-4-8-16)17-9-5-2-6-10-17/h1-14,22,28H,15H2,(H,24,30)(H,26,29)/b25-14-. The number of non-ortho nitro benzene ring substituents is 1. The van der Waals surface area contributed by atoms with Crippen molar-refractivity contribution in [3.8, 4) is 5.75 Å². The maximum Gasteiger partial charge on any atom is 0.270 e. The molecule has 2 amide bonds. The van der Waals surface area contributed by atoms with Gasteiger partial charge in [-0.25, -0.2) is 5.43 Å². The second kappa shape index (κ2) is 10.5. The van der Waals surface area contributed by atoms with E-state index in [4.69, 9.17) is 0 Å². The predicted molar refractivity (Wildman–Crippen MR) is 118 cm³/mol. The molecule has 0 fully saturated rings. The van der Waals surface area contributed by atoms with Crippen molar-refractivity contribution in [3.05, 3.63) is 106 Å². The number of hydrogen-bond donors (Lipinski definition) is 3. The van der Waals surface area contributed by atoms with Crippen molar-refractivity contribution in [1.82, 2.24) is 10.7 Å². The Balaban J connectivity index is 1.62. The lowest BCUT2D eigenvalue weighted by atomic mass is 9.90. The molecule has 0 aliphatic carbocycles. The van der Waals surface area contributed by atoms with E-state index in [1.165, 1.54) is 0 Å². The highest BCUT2D eigenvalue weighted by molar-refractivity contribution is 5.91. The average molecular weight is 432 g/mol. The number of hydrogen-bond acceptors (Lipinski definition) is 6. The Hall–Kier alpha value is -4.53. The van der Waals surface area contributed by atoms with Gasteiger partial charge < -0.3 is 10.4 Å². The van der Waals surface area contributed by atoms with Gasteiger partial charge in [0.05, 0.1) is 23.6 Å². The molecule has 0 aromatic heterocycles. The summed E-state index contributed by atoms with van der Waals surface area (Å²) in [5.74, 6) is -1.76. The molecule has 9 heteroatoms. The molecule has 32 heavy (non-hydrogen) atoms. The maximum absolute atomic E-state index is 12.9. The fourth-order valence-electron chi connectivity index (χ4n) is 3.03. The molecule has 0 spiro atoms. The molecule has 0 saturated carbocycles. The number of benzene rings is 3. The molecule has 3 aromatic carbocycles. The number of phenols is 1. The molecule has 3 N–H and O–H groups in total. The second-order valence-electron chi connectivity index (χ2n) is 6.77. The van der Waals surface area contributed by atoms with Gasteiger partial charge in [-0.2, -0.15) is 5.10 Å². The summed E-state index contributed by atoms with van der Waals surface area (Å²) >= 11 is 0. The van der Waals surface area contributed by atoms with E-state index in [0.29, 0.717) is 0 Å². The minimum absolute atomic E-state index is 0.0664. The summed E-state index contributed by atoms with van der Waals surface area (Å²) in [6, 6.07) is 21.9. The van der Waals surface area contributed by atoms with Gasteiger partial charge in [0, 0.05) is 17.7 Å². The first-order chi connectivity index (χ1) is 15.5. The molecular weight excluding hydrogens is 412 g/mol. The van der Waals surface area contributed by atoms with Crippen LogP contribution in [0, 0.1) is 10.1 Å². The zero-order valence-electron chi connectivity index (χ0n) is 16.8. The molecule has 0 atom stereocenters. The zero-order valence-corrected chi connectivity index (χ0v) is 16.8. The molecule has 162 valence electrons. The van der Waals surface area contributed by atoms with Crippen molar-refractivity contribution in [2.75, 3.05) is 6.54 Å². The lowest BCUT2D eigenvalue weighted by molar-refractivity contribution is -0.384. The fraction of sp³-hybridized carbons (Fsp3) is 0.0870. The van der Waals surface area contributed by atoms with Crippen molar-refractivity contribution >= 4 is 23.7 Å². The summed E-state index contributed by atoms with van der Waals surface area (Å²) in [6.07, 6.45) is 1.08. The average Bonchev–Trinajstić information content (AvgIpc) is 2.80. The summed E-state index contributed by atoms with van der Waals surface area (Å²) in [4.78, 5) is 35.2. The first-order valence-electron chi connectivity index (χ1n) is 9.62. The minimum atomic E-state index is -0.610. The van der Waals surface area contributed by atoms with E-state index in [9.17, 15) is 24.8 Å². The van der Waals surface area contributed by atoms with Crippen molar-refractivity contribution in [1.29, 1.82) is 0 Å². The van der Waals surface area contributed by atoms with E-state index >= 15 is 0 Å². The van der Waals surface area contributed by atoms with Crippen LogP contribution in [0.4, 0.5) is 5.69 Å². The molecule has 0 bridgehead atoms. The van der Waals surface area contributed by atoms with Crippen molar-refractivity contribution in [2.24, 2.45) is 5.10 Å². The lowest BCUT2D eigenvalue weighted by Crippen LogP contribution is -2.37. The van der Waals surface area contributed by atoms with Crippen LogP contribution in [0.5, 0.6) is 5.75 Å². The van der Waals surface area contributed by atoms with Gasteiger partial charge in [-0.3, -0.25) is 19.7 Å². The molecule has 3 aromatic rings. The van der Waals surface area contributed by atoms with Crippen LogP contribution in [0.25, 0.3) is 0 Å². The van der Waals surface area contributed by atoms with Gasteiger partial charge >= 0.3 is 0 Å². The smallest absolute Gasteiger partial charge is 0.270 e. The molecule has 0 saturated heterocycles. The molecule has 0 heterocycles. The number of rotatable bonds is 8. The summed E-state index contributed by atoms with van der Waals surface area (Å²) in [6.45, 7) is -0.326. The quantitative estimate of drug-likeness (QED) is 0.286. The van der Waals surface area contributed by atoms with E-state index in [1.54, 1.807) is 0 Å². The van der Waals surface area contributed by atoms with Gasteiger partial charge in [0.25, 0.3) is 11.6 Å². The van der Waals surface area contributed by atoms with E-state index < -0.39 is 16.7 Å². The summed E-state index contributed by atoms with van der Waals surface area (Å²) in [5.41, 5.74) is 3.63. The Morgan fingerprint density at radius 2 is 1.59 bits per heavy atom. The van der Waals surface area contributed by atoms with Gasteiger partial charge in [0.2, 0.25) is 5.91 Å². The summed E-state index contributed by atoms with van der Waals surface area (Å²) < 4.78 is 0. The van der Waals surface area contributed by atoms with Gasteiger partial charge in [0.1, 0.15) is 5.75 Å². The Labute approximate surface area is 183 Å². The molecular formula is C23H20N4O5. The number of amides is 2. The SMILES string of the molecule is O=C(CNC(=O)C(c1ccccc1)c1ccccc1)N/N=C\c1cc([N+](=O)[O-])ccc1O. The van der Waals surface area contributed by atoms with Crippen LogP contribution in [0.15, 0.2) is 84.0 Å². The van der Waals surface area contributed by atoms with Crippen LogP contribution >= 0.6 is 0 Å². The van der Waals surface area contributed by atoms with Crippen LogP contribution in [0.2, 0.25) is 0 Å². The fourth-order valence-corrected chi connectivity index (χ4v) is 3.03. The zero-order chi connectivity index (χ0) is 22.9. The third kappa shape index (κ3) is 5.76.